The van der Waals surface area contributed by atoms with Gasteiger partial charge >= 0.3 is 5.97 Å². The zero-order valence-corrected chi connectivity index (χ0v) is 13.7. The van der Waals surface area contributed by atoms with Gasteiger partial charge in [-0.15, -0.1) is 0 Å². The molecule has 0 aliphatic carbocycles. The van der Waals surface area contributed by atoms with Crippen LogP contribution >= 0.6 is 0 Å². The Kier molecular flexibility index (Phi) is 6.56. The molecule has 0 fully saturated rings. The molecule has 0 saturated heterocycles. The summed E-state index contributed by atoms with van der Waals surface area (Å²) in [5, 5.41) is 11.7. The summed E-state index contributed by atoms with van der Waals surface area (Å²) >= 11 is 0. The first-order valence-corrected chi connectivity index (χ1v) is 7.43. The molecule has 2 N–H and O–H groups in total. The van der Waals surface area contributed by atoms with Gasteiger partial charge in [0.15, 0.2) is 0 Å². The number of hydrogen-bond acceptors (Lipinski definition) is 3. The first-order valence-electron chi connectivity index (χ1n) is 7.43. The Balaban J connectivity index is 2.71. The highest BCUT2D eigenvalue weighted by molar-refractivity contribution is 5.84. The van der Waals surface area contributed by atoms with E-state index in [9.17, 15) is 14.7 Å². The van der Waals surface area contributed by atoms with Gasteiger partial charge < -0.3 is 15.2 Å². The summed E-state index contributed by atoms with van der Waals surface area (Å²) in [6.45, 7) is 8.43. The molecule has 0 radical (unpaired) electrons. The summed E-state index contributed by atoms with van der Waals surface area (Å²) in [5.74, 6) is -1.47. The van der Waals surface area contributed by atoms with Crippen molar-refractivity contribution in [3.8, 4) is 0 Å². The van der Waals surface area contributed by atoms with E-state index >= 15 is 0 Å². The topological polar surface area (TPSA) is 75.6 Å². The van der Waals surface area contributed by atoms with Crippen molar-refractivity contribution < 1.29 is 19.4 Å². The van der Waals surface area contributed by atoms with Gasteiger partial charge in [0.2, 0.25) is 5.91 Å². The number of nitrogens with one attached hydrogen (secondary N) is 1. The number of carbonyl (C=O) groups excluding carboxylic acids is 1. The van der Waals surface area contributed by atoms with Gasteiger partial charge in [-0.05, 0) is 23.5 Å². The lowest BCUT2D eigenvalue weighted by Crippen LogP contribution is -2.43. The lowest BCUT2D eigenvalue weighted by atomic mass is 9.86. The molecule has 22 heavy (non-hydrogen) atoms. The smallest absolute Gasteiger partial charge is 0.326 e. The number of benzene rings is 1. The first kappa shape index (κ1) is 18.2. The quantitative estimate of drug-likeness (QED) is 0.809. The highest BCUT2D eigenvalue weighted by Gasteiger charge is 2.21. The van der Waals surface area contributed by atoms with Crippen LogP contribution in [0.4, 0.5) is 0 Å². The van der Waals surface area contributed by atoms with E-state index in [4.69, 9.17) is 4.74 Å². The van der Waals surface area contributed by atoms with E-state index in [1.54, 1.807) is 6.92 Å². The second-order valence-electron chi connectivity index (χ2n) is 6.25. The van der Waals surface area contributed by atoms with E-state index < -0.39 is 17.9 Å². The molecular formula is C17H25NO4. The number of carboxylic acids is 1. The third kappa shape index (κ3) is 5.85. The molecule has 122 valence electrons. The van der Waals surface area contributed by atoms with Crippen molar-refractivity contribution in [2.24, 2.45) is 0 Å². The van der Waals surface area contributed by atoms with Crippen LogP contribution in [-0.2, 0) is 26.2 Å². The Morgan fingerprint density at radius 3 is 2.27 bits per heavy atom. The second kappa shape index (κ2) is 7.94. The maximum Gasteiger partial charge on any atom is 0.326 e. The van der Waals surface area contributed by atoms with Crippen LogP contribution in [0.1, 0.15) is 38.8 Å². The molecule has 5 heteroatoms. The van der Waals surface area contributed by atoms with E-state index in [2.05, 4.69) is 26.1 Å². The van der Waals surface area contributed by atoms with Gasteiger partial charge in [0.25, 0.3) is 0 Å². The molecule has 0 aliphatic rings. The highest BCUT2D eigenvalue weighted by atomic mass is 16.5. The van der Waals surface area contributed by atoms with Crippen LogP contribution in [0.15, 0.2) is 24.3 Å². The fourth-order valence-electron chi connectivity index (χ4n) is 2.01. The zero-order chi connectivity index (χ0) is 16.8. The Bertz CT molecular complexity index is 502. The van der Waals surface area contributed by atoms with Crippen LogP contribution in [0.3, 0.4) is 0 Å². The zero-order valence-electron chi connectivity index (χ0n) is 13.7. The van der Waals surface area contributed by atoms with Crippen molar-refractivity contribution in [1.29, 1.82) is 0 Å². The molecule has 0 bridgehead atoms. The molecule has 1 aromatic carbocycles. The van der Waals surface area contributed by atoms with E-state index in [1.807, 2.05) is 24.3 Å². The Labute approximate surface area is 131 Å². The number of aliphatic carboxylic acids is 1. The van der Waals surface area contributed by atoms with Crippen molar-refractivity contribution >= 4 is 11.9 Å². The normalized spacial score (nSPS) is 12.7. The van der Waals surface area contributed by atoms with Crippen molar-refractivity contribution in [1.82, 2.24) is 5.32 Å². The number of rotatable bonds is 7. The van der Waals surface area contributed by atoms with Crippen molar-refractivity contribution in [3.05, 3.63) is 35.4 Å². The molecule has 0 spiro atoms. The van der Waals surface area contributed by atoms with Gasteiger partial charge in [-0.2, -0.15) is 0 Å². The number of hydrogen-bond donors (Lipinski definition) is 2. The van der Waals surface area contributed by atoms with Crippen molar-refractivity contribution in [2.75, 3.05) is 13.2 Å². The summed E-state index contributed by atoms with van der Waals surface area (Å²) in [6, 6.07) is 6.86. The fourth-order valence-corrected chi connectivity index (χ4v) is 2.01. The third-order valence-electron chi connectivity index (χ3n) is 3.33. The SMILES string of the molecule is CCOCC(=O)N[C@H](Cc1ccc(C(C)(C)C)cc1)C(=O)O. The molecule has 1 aromatic rings. The maximum absolute atomic E-state index is 11.6. The molecule has 1 rings (SSSR count). The minimum absolute atomic E-state index is 0.0520. The molecule has 5 nitrogen and oxygen atoms in total. The molecule has 0 saturated carbocycles. The predicted molar refractivity (Wildman–Crippen MR) is 84.9 cm³/mol. The number of amides is 1. The third-order valence-corrected chi connectivity index (χ3v) is 3.33. The average molecular weight is 307 g/mol. The molecule has 0 heterocycles. The van der Waals surface area contributed by atoms with Crippen molar-refractivity contribution in [3.63, 3.8) is 0 Å². The molecule has 1 amide bonds. The van der Waals surface area contributed by atoms with Gasteiger partial charge in [-0.3, -0.25) is 4.79 Å². The minimum Gasteiger partial charge on any atom is -0.480 e. The lowest BCUT2D eigenvalue weighted by Gasteiger charge is -2.20. The Morgan fingerprint density at radius 1 is 1.23 bits per heavy atom. The van der Waals surface area contributed by atoms with Crippen LogP contribution in [-0.4, -0.2) is 36.2 Å². The summed E-state index contributed by atoms with van der Waals surface area (Å²) in [4.78, 5) is 22.9. The number of carbonyl (C=O) groups is 2. The highest BCUT2D eigenvalue weighted by Crippen LogP contribution is 2.22. The summed E-state index contributed by atoms with van der Waals surface area (Å²) in [7, 11) is 0. The standard InChI is InChI=1S/C17H25NO4/c1-5-22-11-15(19)18-14(16(20)21)10-12-6-8-13(9-7-12)17(2,3)4/h6-9,14H,5,10-11H2,1-4H3,(H,18,19)(H,20,21)/t14-/m1/s1. The van der Waals surface area contributed by atoms with Gasteiger partial charge in [-0.1, -0.05) is 45.0 Å². The molecular weight excluding hydrogens is 282 g/mol. The van der Waals surface area contributed by atoms with Crippen molar-refractivity contribution in [2.45, 2.75) is 45.6 Å². The van der Waals surface area contributed by atoms with Gasteiger partial charge in [0.1, 0.15) is 12.6 Å². The lowest BCUT2D eigenvalue weighted by molar-refractivity contribution is -0.142. The molecule has 0 aliphatic heterocycles. The molecule has 0 aromatic heterocycles. The van der Waals surface area contributed by atoms with E-state index in [0.29, 0.717) is 6.61 Å². The summed E-state index contributed by atoms with van der Waals surface area (Å²) < 4.78 is 4.97. The largest absolute Gasteiger partial charge is 0.480 e. The second-order valence-corrected chi connectivity index (χ2v) is 6.25. The monoisotopic (exact) mass is 307 g/mol. The van der Waals surface area contributed by atoms with E-state index in [1.165, 1.54) is 5.56 Å². The molecule has 1 atom stereocenters. The van der Waals surface area contributed by atoms with E-state index in [-0.39, 0.29) is 18.4 Å². The van der Waals surface area contributed by atoms with Gasteiger partial charge in [0, 0.05) is 13.0 Å². The van der Waals surface area contributed by atoms with Gasteiger partial charge in [-0.25, -0.2) is 4.79 Å². The Morgan fingerprint density at radius 2 is 1.82 bits per heavy atom. The van der Waals surface area contributed by atoms with Gasteiger partial charge in [0.05, 0.1) is 0 Å². The average Bonchev–Trinajstić information content (AvgIpc) is 2.44. The molecule has 0 unspecified atom stereocenters. The van der Waals surface area contributed by atoms with Crippen LogP contribution < -0.4 is 5.32 Å². The number of ether oxygens (including phenoxy) is 1. The number of carboxylic acid groups (broad SMARTS) is 1. The van der Waals surface area contributed by atoms with E-state index in [0.717, 1.165) is 5.56 Å². The minimum atomic E-state index is -1.05. The van der Waals surface area contributed by atoms with Crippen LogP contribution in [0.5, 0.6) is 0 Å². The summed E-state index contributed by atoms with van der Waals surface area (Å²) in [6.07, 6.45) is 0.248. The Hall–Kier alpha value is -1.88. The summed E-state index contributed by atoms with van der Waals surface area (Å²) in [5.41, 5.74) is 2.11. The van der Waals surface area contributed by atoms with Crippen LogP contribution in [0.2, 0.25) is 0 Å². The first-order chi connectivity index (χ1) is 10.2. The predicted octanol–water partition coefficient (Wildman–Crippen LogP) is 2.13. The van der Waals surface area contributed by atoms with Crippen LogP contribution in [0, 0.1) is 0 Å². The van der Waals surface area contributed by atoms with Crippen LogP contribution in [0.25, 0.3) is 0 Å². The maximum atomic E-state index is 11.6. The fraction of sp³-hybridized carbons (Fsp3) is 0.529.